The Balaban J connectivity index is 0.000000118. The van der Waals surface area contributed by atoms with Crippen molar-refractivity contribution in [3.05, 3.63) is 0 Å². The second-order valence-corrected chi connectivity index (χ2v) is 10.7. The van der Waals surface area contributed by atoms with E-state index in [1.807, 2.05) is 0 Å². The molecule has 23 heavy (non-hydrogen) atoms. The van der Waals surface area contributed by atoms with E-state index in [4.69, 9.17) is 0 Å². The van der Waals surface area contributed by atoms with Gasteiger partial charge >= 0.3 is 0 Å². The highest BCUT2D eigenvalue weighted by molar-refractivity contribution is 5.89. The van der Waals surface area contributed by atoms with Gasteiger partial charge in [-0.05, 0) is 92.3 Å². The molecule has 6 fully saturated rings. The van der Waals surface area contributed by atoms with Gasteiger partial charge in [-0.25, -0.2) is 0 Å². The number of carbonyl (C=O) groups excluding carboxylic acids is 1. The molecule has 0 spiro atoms. The van der Waals surface area contributed by atoms with E-state index in [0.29, 0.717) is 17.1 Å². The van der Waals surface area contributed by atoms with E-state index < -0.39 is 0 Å². The van der Waals surface area contributed by atoms with E-state index in [-0.39, 0.29) is 5.41 Å². The smallest absolute Gasteiger partial charge is 0.139 e. The van der Waals surface area contributed by atoms with Gasteiger partial charge < -0.3 is 0 Å². The van der Waals surface area contributed by atoms with Gasteiger partial charge in [-0.2, -0.15) is 0 Å². The summed E-state index contributed by atoms with van der Waals surface area (Å²) < 4.78 is 0. The zero-order valence-corrected chi connectivity index (χ0v) is 15.8. The van der Waals surface area contributed by atoms with Crippen molar-refractivity contribution in [2.45, 2.75) is 91.9 Å². The van der Waals surface area contributed by atoms with Gasteiger partial charge in [0, 0.05) is 11.8 Å². The van der Waals surface area contributed by atoms with Gasteiger partial charge in [-0.3, -0.25) is 4.79 Å². The lowest BCUT2D eigenvalue weighted by Crippen LogP contribution is -2.44. The monoisotopic (exact) mass is 316 g/mol. The molecule has 6 rings (SSSR count). The maximum atomic E-state index is 11.8. The third-order valence-corrected chi connectivity index (χ3v) is 9.09. The Morgan fingerprint density at radius 3 is 1.74 bits per heavy atom. The van der Waals surface area contributed by atoms with Crippen LogP contribution >= 0.6 is 0 Å². The minimum Gasteiger partial charge on any atom is -0.299 e. The number of fused-ring (bicyclic) bond motifs is 2. The van der Waals surface area contributed by atoms with Crippen molar-refractivity contribution in [3.63, 3.8) is 0 Å². The van der Waals surface area contributed by atoms with Crippen LogP contribution in [-0.4, -0.2) is 5.78 Å². The zero-order valence-electron chi connectivity index (χ0n) is 15.8. The van der Waals surface area contributed by atoms with Gasteiger partial charge in [0.15, 0.2) is 0 Å². The third-order valence-electron chi connectivity index (χ3n) is 9.09. The van der Waals surface area contributed by atoms with Crippen molar-refractivity contribution < 1.29 is 4.79 Å². The molecular weight excluding hydrogens is 280 g/mol. The quantitative estimate of drug-likeness (QED) is 0.578. The van der Waals surface area contributed by atoms with E-state index in [9.17, 15) is 4.79 Å². The first-order valence-corrected chi connectivity index (χ1v) is 10.3. The van der Waals surface area contributed by atoms with Crippen molar-refractivity contribution >= 4 is 5.78 Å². The molecule has 0 aliphatic heterocycles. The number of hydrogen-bond donors (Lipinski definition) is 0. The normalized spacial score (nSPS) is 51.7. The first-order valence-electron chi connectivity index (χ1n) is 10.3. The minimum absolute atomic E-state index is 0.0671. The summed E-state index contributed by atoms with van der Waals surface area (Å²) >= 11 is 0. The van der Waals surface area contributed by atoms with Crippen LogP contribution in [0.15, 0.2) is 0 Å². The maximum absolute atomic E-state index is 11.8. The van der Waals surface area contributed by atoms with Crippen molar-refractivity contribution in [2.24, 2.45) is 39.9 Å². The Hall–Kier alpha value is -0.330. The van der Waals surface area contributed by atoms with Gasteiger partial charge in [0.1, 0.15) is 5.78 Å². The molecule has 0 aromatic rings. The lowest BCUT2D eigenvalue weighted by atomic mass is 9.50. The molecule has 1 nitrogen and oxygen atoms in total. The van der Waals surface area contributed by atoms with Crippen molar-refractivity contribution in [1.82, 2.24) is 0 Å². The molecule has 130 valence electrons. The molecule has 0 saturated heterocycles. The molecule has 2 unspecified atom stereocenters. The number of ketones is 1. The Kier molecular flexibility index (Phi) is 3.57. The van der Waals surface area contributed by atoms with Crippen LogP contribution in [0.4, 0.5) is 0 Å². The summed E-state index contributed by atoms with van der Waals surface area (Å²) in [4.78, 5) is 11.8. The maximum Gasteiger partial charge on any atom is 0.139 e. The topological polar surface area (TPSA) is 17.1 Å². The number of hydrogen-bond acceptors (Lipinski definition) is 1. The van der Waals surface area contributed by atoms with E-state index in [1.165, 1.54) is 6.42 Å². The number of carbonyl (C=O) groups is 1. The van der Waals surface area contributed by atoms with E-state index >= 15 is 0 Å². The number of Topliss-reactive ketones (excluding diaryl/α,β-unsaturated/α-hetero) is 1. The van der Waals surface area contributed by atoms with Crippen LogP contribution in [-0.2, 0) is 4.79 Å². The van der Waals surface area contributed by atoms with Crippen LogP contribution in [0, 0.1) is 39.9 Å². The average Bonchev–Trinajstić information content (AvgIpc) is 2.79. The lowest BCUT2D eigenvalue weighted by molar-refractivity contribution is -0.129. The molecule has 6 aliphatic carbocycles. The van der Waals surface area contributed by atoms with Gasteiger partial charge in [-0.1, -0.05) is 27.7 Å². The minimum atomic E-state index is 0.0671. The highest BCUT2D eigenvalue weighted by Crippen LogP contribution is 2.65. The summed E-state index contributed by atoms with van der Waals surface area (Å²) in [5.41, 5.74) is 1.16. The first kappa shape index (κ1) is 16.2. The summed E-state index contributed by atoms with van der Waals surface area (Å²) in [5.74, 6) is 4.67. The highest BCUT2D eigenvalue weighted by Gasteiger charge is 2.62. The van der Waals surface area contributed by atoms with Crippen molar-refractivity contribution in [2.75, 3.05) is 0 Å². The molecule has 6 saturated carbocycles. The highest BCUT2D eigenvalue weighted by atomic mass is 16.1. The molecule has 6 aliphatic rings. The van der Waals surface area contributed by atoms with Crippen LogP contribution in [0.25, 0.3) is 0 Å². The second kappa shape index (κ2) is 5.09. The largest absolute Gasteiger partial charge is 0.299 e. The molecular formula is C22H36O. The lowest BCUT2D eigenvalue weighted by Gasteiger charge is -2.55. The summed E-state index contributed by atoms with van der Waals surface area (Å²) in [5, 5.41) is 0. The molecule has 0 radical (unpaired) electrons. The third kappa shape index (κ3) is 2.28. The fourth-order valence-electron chi connectivity index (χ4n) is 8.14. The van der Waals surface area contributed by atoms with Crippen molar-refractivity contribution in [1.29, 1.82) is 0 Å². The Labute approximate surface area is 143 Å². The number of rotatable bonds is 1. The Morgan fingerprint density at radius 2 is 1.48 bits per heavy atom. The van der Waals surface area contributed by atoms with Gasteiger partial charge in [0.05, 0.1) is 0 Å². The summed E-state index contributed by atoms with van der Waals surface area (Å²) in [6.07, 6.45) is 13.8. The molecule has 0 aromatic carbocycles. The predicted octanol–water partition coefficient (Wildman–Crippen LogP) is 6.01. The Bertz CT molecular complexity index is 467. The molecule has 0 amide bonds. The van der Waals surface area contributed by atoms with Crippen LogP contribution in [0.1, 0.15) is 91.9 Å². The Morgan fingerprint density at radius 1 is 0.957 bits per heavy atom. The fourth-order valence-corrected chi connectivity index (χ4v) is 8.14. The van der Waals surface area contributed by atoms with Gasteiger partial charge in [-0.15, -0.1) is 0 Å². The molecule has 0 heterocycles. The molecule has 0 N–H and O–H groups in total. The predicted molar refractivity (Wildman–Crippen MR) is 95.1 cm³/mol. The van der Waals surface area contributed by atoms with Crippen molar-refractivity contribution in [3.8, 4) is 0 Å². The van der Waals surface area contributed by atoms with Crippen LogP contribution in [0.2, 0.25) is 0 Å². The first-order chi connectivity index (χ1) is 10.8. The standard InChI is InChI=1S/C11H18O.C11H18/c1-4-11-6-5-8(7-9(11)12)10(11,2)3;1-11-5-8-2-9(6-11)4-10(3-8)7-11/h8H,4-7H2,1-3H3;8-10H,2-7H2,1H3. The second-order valence-electron chi connectivity index (χ2n) is 10.7. The summed E-state index contributed by atoms with van der Waals surface area (Å²) in [6.45, 7) is 9.29. The van der Waals surface area contributed by atoms with E-state index in [0.717, 1.165) is 42.4 Å². The van der Waals surface area contributed by atoms with Gasteiger partial charge in [0.2, 0.25) is 0 Å². The molecule has 1 heteroatoms. The van der Waals surface area contributed by atoms with Crippen LogP contribution < -0.4 is 0 Å². The van der Waals surface area contributed by atoms with E-state index in [2.05, 4.69) is 27.7 Å². The summed E-state index contributed by atoms with van der Waals surface area (Å²) in [7, 11) is 0. The van der Waals surface area contributed by atoms with Gasteiger partial charge in [0.25, 0.3) is 0 Å². The molecule has 6 bridgehead atoms. The SMILES string of the molecule is CC12CC3CC(CC(C3)C1)C2.CCC12CCC(CC1=O)C2(C)C. The van der Waals surface area contributed by atoms with E-state index in [1.54, 1.807) is 38.5 Å². The summed E-state index contributed by atoms with van der Waals surface area (Å²) in [6, 6.07) is 0. The fraction of sp³-hybridized carbons (Fsp3) is 0.955. The average molecular weight is 317 g/mol. The molecule has 2 atom stereocenters. The van der Waals surface area contributed by atoms with Crippen LogP contribution in [0.5, 0.6) is 0 Å². The van der Waals surface area contributed by atoms with Crippen LogP contribution in [0.3, 0.4) is 0 Å². The zero-order chi connectivity index (χ0) is 16.5. The molecule has 0 aromatic heterocycles.